The highest BCUT2D eigenvalue weighted by atomic mass is 32.2. The number of thioether (sulfide) groups is 1. The first-order chi connectivity index (χ1) is 12.8. The van der Waals surface area contributed by atoms with Gasteiger partial charge in [-0.15, -0.1) is 10.2 Å². The maximum Gasteiger partial charge on any atom is 0.321 e. The Labute approximate surface area is 156 Å². The topological polar surface area (TPSA) is 114 Å². The lowest BCUT2D eigenvalue weighted by atomic mass is 9.95. The van der Waals surface area contributed by atoms with Gasteiger partial charge in [-0.1, -0.05) is 11.8 Å². The molecular formula is C16H14F2N4O4S. The average molecular weight is 396 g/mol. The van der Waals surface area contributed by atoms with E-state index in [4.69, 9.17) is 4.42 Å². The highest BCUT2D eigenvalue weighted by molar-refractivity contribution is 7.99. The molecule has 3 rings (SSSR count). The third kappa shape index (κ3) is 4.48. The van der Waals surface area contributed by atoms with Crippen LogP contribution in [0.1, 0.15) is 23.2 Å². The second kappa shape index (κ2) is 7.82. The minimum absolute atomic E-state index is 0.0320. The van der Waals surface area contributed by atoms with Gasteiger partial charge in [0.1, 0.15) is 0 Å². The lowest BCUT2D eigenvalue weighted by molar-refractivity contribution is -0.125. The lowest BCUT2D eigenvalue weighted by Crippen LogP contribution is -2.57. The molecular weight excluding hydrogens is 382 g/mol. The molecule has 11 heteroatoms. The fraction of sp³-hybridized carbons (Fsp3) is 0.312. The number of carbonyl (C=O) groups is 3. The summed E-state index contributed by atoms with van der Waals surface area (Å²) in [5.74, 6) is -3.49. The molecule has 2 atom stereocenters. The van der Waals surface area contributed by atoms with Gasteiger partial charge in [-0.3, -0.25) is 14.9 Å². The third-order valence-corrected chi connectivity index (χ3v) is 4.77. The molecule has 1 aliphatic heterocycles. The maximum absolute atomic E-state index is 13.2. The SMILES string of the molecule is CC1NC(=O)NC(=O)C1Cc1nnc(SCC(=O)c2ccc(F)c(F)c2)o1. The zero-order valence-electron chi connectivity index (χ0n) is 14.0. The molecule has 2 unspecified atom stereocenters. The van der Waals surface area contributed by atoms with Crippen LogP contribution in [0.2, 0.25) is 0 Å². The van der Waals surface area contributed by atoms with Crippen molar-refractivity contribution in [2.45, 2.75) is 24.6 Å². The number of carbonyl (C=O) groups excluding carboxylic acids is 3. The van der Waals surface area contributed by atoms with Gasteiger partial charge in [-0.05, 0) is 25.1 Å². The minimum atomic E-state index is -1.10. The largest absolute Gasteiger partial charge is 0.416 e. The molecule has 0 aliphatic carbocycles. The smallest absolute Gasteiger partial charge is 0.321 e. The summed E-state index contributed by atoms with van der Waals surface area (Å²) >= 11 is 0.942. The number of amides is 3. The van der Waals surface area contributed by atoms with Crippen molar-refractivity contribution in [2.75, 3.05) is 5.75 Å². The Hall–Kier alpha value is -2.82. The molecule has 0 spiro atoms. The van der Waals surface area contributed by atoms with E-state index in [1.807, 2.05) is 0 Å². The summed E-state index contributed by atoms with van der Waals surface area (Å²) in [6, 6.07) is 1.95. The number of rotatable bonds is 6. The maximum atomic E-state index is 13.2. The van der Waals surface area contributed by atoms with Crippen LogP contribution < -0.4 is 10.6 Å². The predicted molar refractivity (Wildman–Crippen MR) is 89.0 cm³/mol. The Balaban J connectivity index is 1.58. The molecule has 0 saturated carbocycles. The van der Waals surface area contributed by atoms with Crippen molar-refractivity contribution >= 4 is 29.5 Å². The van der Waals surface area contributed by atoms with Gasteiger partial charge in [0.05, 0.1) is 11.7 Å². The molecule has 3 amide bonds. The number of hydrogen-bond donors (Lipinski definition) is 2. The number of urea groups is 1. The number of hydrogen-bond acceptors (Lipinski definition) is 7. The van der Waals surface area contributed by atoms with Crippen LogP contribution in [0, 0.1) is 17.6 Å². The summed E-state index contributed by atoms with van der Waals surface area (Å²) in [6.45, 7) is 1.69. The number of ketones is 1. The van der Waals surface area contributed by atoms with Crippen LogP contribution in [-0.2, 0) is 11.2 Å². The third-order valence-electron chi connectivity index (χ3n) is 3.95. The highest BCUT2D eigenvalue weighted by Crippen LogP contribution is 2.21. The molecule has 27 heavy (non-hydrogen) atoms. The first-order valence-corrected chi connectivity index (χ1v) is 8.87. The van der Waals surface area contributed by atoms with Crippen LogP contribution in [-0.4, -0.2) is 39.7 Å². The molecule has 1 aliphatic rings. The van der Waals surface area contributed by atoms with Gasteiger partial charge in [0.15, 0.2) is 17.4 Å². The molecule has 2 heterocycles. The van der Waals surface area contributed by atoms with Crippen molar-refractivity contribution in [1.29, 1.82) is 0 Å². The number of nitrogens with zero attached hydrogens (tertiary/aromatic N) is 2. The van der Waals surface area contributed by atoms with E-state index in [2.05, 4.69) is 20.8 Å². The highest BCUT2D eigenvalue weighted by Gasteiger charge is 2.34. The van der Waals surface area contributed by atoms with Crippen LogP contribution in [0.4, 0.5) is 13.6 Å². The van der Waals surface area contributed by atoms with Crippen molar-refractivity contribution in [1.82, 2.24) is 20.8 Å². The molecule has 2 aromatic rings. The second-order valence-corrected chi connectivity index (χ2v) is 6.79. The normalized spacial score (nSPS) is 19.5. The molecule has 1 aromatic carbocycles. The number of nitrogens with one attached hydrogen (secondary N) is 2. The van der Waals surface area contributed by atoms with Crippen LogP contribution >= 0.6 is 11.8 Å². The quantitative estimate of drug-likeness (QED) is 0.564. The van der Waals surface area contributed by atoms with Crippen molar-refractivity contribution in [3.05, 3.63) is 41.3 Å². The van der Waals surface area contributed by atoms with Crippen LogP contribution in [0.3, 0.4) is 0 Å². The number of aromatic nitrogens is 2. The van der Waals surface area contributed by atoms with Crippen LogP contribution in [0.25, 0.3) is 0 Å². The second-order valence-electron chi connectivity index (χ2n) is 5.86. The van der Waals surface area contributed by atoms with Gasteiger partial charge in [0, 0.05) is 18.0 Å². The first-order valence-electron chi connectivity index (χ1n) is 7.88. The fourth-order valence-corrected chi connectivity index (χ4v) is 3.17. The molecule has 1 aromatic heterocycles. The summed E-state index contributed by atoms with van der Waals surface area (Å²) in [5.41, 5.74) is 0.0320. The van der Waals surface area contributed by atoms with E-state index < -0.39 is 41.3 Å². The summed E-state index contributed by atoms with van der Waals surface area (Å²) < 4.78 is 31.5. The zero-order chi connectivity index (χ0) is 19.6. The molecule has 1 saturated heterocycles. The predicted octanol–water partition coefficient (Wildman–Crippen LogP) is 1.71. The van der Waals surface area contributed by atoms with E-state index in [9.17, 15) is 23.2 Å². The zero-order valence-corrected chi connectivity index (χ0v) is 14.8. The first kappa shape index (κ1) is 19.0. The lowest BCUT2D eigenvalue weighted by Gasteiger charge is -2.27. The van der Waals surface area contributed by atoms with Crippen molar-refractivity contribution in [3.8, 4) is 0 Å². The van der Waals surface area contributed by atoms with E-state index in [1.54, 1.807) is 6.92 Å². The number of benzene rings is 1. The summed E-state index contributed by atoms with van der Waals surface area (Å²) in [7, 11) is 0. The van der Waals surface area contributed by atoms with Gasteiger partial charge in [0.25, 0.3) is 5.22 Å². The van der Waals surface area contributed by atoms with Crippen molar-refractivity contribution < 1.29 is 27.6 Å². The molecule has 1 fully saturated rings. The van der Waals surface area contributed by atoms with Gasteiger partial charge in [-0.25, -0.2) is 13.6 Å². The van der Waals surface area contributed by atoms with E-state index in [1.165, 1.54) is 6.07 Å². The molecule has 2 N–H and O–H groups in total. The van der Waals surface area contributed by atoms with Crippen LogP contribution in [0.15, 0.2) is 27.8 Å². The standard InChI is InChI=1S/C16H14F2N4O4S/c1-7-9(14(24)20-15(25)19-7)5-13-21-22-16(26-13)27-6-12(23)8-2-3-10(17)11(18)4-8/h2-4,7,9H,5-6H2,1H3,(H2,19,20,24,25). The van der Waals surface area contributed by atoms with Crippen molar-refractivity contribution in [3.63, 3.8) is 0 Å². The van der Waals surface area contributed by atoms with E-state index >= 15 is 0 Å². The summed E-state index contributed by atoms with van der Waals surface area (Å²) in [4.78, 5) is 35.1. The van der Waals surface area contributed by atoms with Gasteiger partial charge in [0.2, 0.25) is 11.8 Å². The number of imide groups is 1. The van der Waals surface area contributed by atoms with E-state index in [0.717, 1.165) is 23.9 Å². The molecule has 8 nitrogen and oxygen atoms in total. The summed E-state index contributed by atoms with van der Waals surface area (Å²) in [6.07, 6.45) is 0.123. The minimum Gasteiger partial charge on any atom is -0.416 e. The Bertz CT molecular complexity index is 904. The fourth-order valence-electron chi connectivity index (χ4n) is 2.49. The van der Waals surface area contributed by atoms with E-state index in [-0.39, 0.29) is 28.9 Å². The Kier molecular flexibility index (Phi) is 5.49. The Morgan fingerprint density at radius 3 is 2.74 bits per heavy atom. The van der Waals surface area contributed by atoms with Gasteiger partial charge < -0.3 is 9.73 Å². The van der Waals surface area contributed by atoms with Crippen molar-refractivity contribution in [2.24, 2.45) is 5.92 Å². The Morgan fingerprint density at radius 1 is 1.26 bits per heavy atom. The van der Waals surface area contributed by atoms with Gasteiger partial charge in [-0.2, -0.15) is 0 Å². The average Bonchev–Trinajstić information content (AvgIpc) is 3.06. The monoisotopic (exact) mass is 396 g/mol. The van der Waals surface area contributed by atoms with Gasteiger partial charge >= 0.3 is 6.03 Å². The van der Waals surface area contributed by atoms with E-state index in [0.29, 0.717) is 0 Å². The molecule has 142 valence electrons. The number of Topliss-reactive ketones (excluding diaryl/α,β-unsaturated/α-hetero) is 1. The molecule has 0 radical (unpaired) electrons. The number of halogens is 2. The van der Waals surface area contributed by atoms with Crippen LogP contribution in [0.5, 0.6) is 0 Å². The summed E-state index contributed by atoms with van der Waals surface area (Å²) in [5, 5.41) is 12.5. The molecule has 0 bridgehead atoms. The Morgan fingerprint density at radius 2 is 2.04 bits per heavy atom.